The summed E-state index contributed by atoms with van der Waals surface area (Å²) in [7, 11) is 0. The van der Waals surface area contributed by atoms with E-state index < -0.39 is 18.1 Å². The molecule has 0 fully saturated rings. The third-order valence-electron chi connectivity index (χ3n) is 2.62. The molecule has 0 aliphatic carbocycles. The lowest BCUT2D eigenvalue weighted by Gasteiger charge is -2.10. The van der Waals surface area contributed by atoms with E-state index in [2.05, 4.69) is 10.6 Å². The number of aliphatic carboxylic acids is 1. The number of benzene rings is 1. The van der Waals surface area contributed by atoms with Gasteiger partial charge in [-0.2, -0.15) is 5.26 Å². The highest BCUT2D eigenvalue weighted by atomic mass is 16.4. The number of aliphatic hydroxyl groups excluding tert-OH is 1. The van der Waals surface area contributed by atoms with Gasteiger partial charge in [0.2, 0.25) is 0 Å². The summed E-state index contributed by atoms with van der Waals surface area (Å²) < 4.78 is 0. The van der Waals surface area contributed by atoms with Crippen LogP contribution in [0.4, 0.5) is 10.5 Å². The second-order valence-electron chi connectivity index (χ2n) is 4.13. The maximum absolute atomic E-state index is 11.6. The molecule has 1 rings (SSSR count). The maximum Gasteiger partial charge on any atom is 0.332 e. The Morgan fingerprint density at radius 2 is 2.15 bits per heavy atom. The molecule has 0 bridgehead atoms. The molecule has 1 aromatic rings. The number of carbonyl (C=O) groups is 2. The lowest BCUT2D eigenvalue weighted by molar-refractivity contribution is -0.146. The molecule has 2 amide bonds. The van der Waals surface area contributed by atoms with Gasteiger partial charge in [-0.1, -0.05) is 12.1 Å². The third kappa shape index (κ3) is 4.26. The summed E-state index contributed by atoms with van der Waals surface area (Å²) in [6.07, 6.45) is -1.61. The molecular weight excluding hydrogens is 262 g/mol. The summed E-state index contributed by atoms with van der Waals surface area (Å²) in [6, 6.07) is 6.49. The van der Waals surface area contributed by atoms with Gasteiger partial charge in [0.1, 0.15) is 6.07 Å². The van der Waals surface area contributed by atoms with Gasteiger partial charge in [0, 0.05) is 13.0 Å². The predicted octanol–water partition coefficient (Wildman–Crippen LogP) is 0.824. The monoisotopic (exact) mass is 277 g/mol. The minimum atomic E-state index is -1.51. The summed E-state index contributed by atoms with van der Waals surface area (Å²) in [6.45, 7) is 1.76. The molecule has 20 heavy (non-hydrogen) atoms. The lowest BCUT2D eigenvalue weighted by Crippen LogP contribution is -2.33. The van der Waals surface area contributed by atoms with Crippen molar-refractivity contribution in [3.05, 3.63) is 29.3 Å². The maximum atomic E-state index is 11.6. The van der Waals surface area contributed by atoms with Crippen LogP contribution in [0.15, 0.2) is 18.2 Å². The zero-order valence-corrected chi connectivity index (χ0v) is 10.9. The second kappa shape index (κ2) is 7.11. The van der Waals surface area contributed by atoms with E-state index in [0.29, 0.717) is 11.3 Å². The van der Waals surface area contributed by atoms with Gasteiger partial charge in [0.15, 0.2) is 6.10 Å². The number of aliphatic hydroxyl groups is 1. The van der Waals surface area contributed by atoms with Crippen molar-refractivity contribution in [1.29, 1.82) is 5.26 Å². The highest BCUT2D eigenvalue weighted by molar-refractivity contribution is 5.91. The average Bonchev–Trinajstić information content (AvgIpc) is 2.38. The number of anilines is 1. The Labute approximate surface area is 115 Å². The fraction of sp³-hybridized carbons (Fsp3) is 0.308. The molecule has 0 aromatic heterocycles. The molecule has 0 spiro atoms. The van der Waals surface area contributed by atoms with Crippen molar-refractivity contribution in [3.63, 3.8) is 0 Å². The molecule has 0 unspecified atom stereocenters. The van der Waals surface area contributed by atoms with Crippen LogP contribution in [0.25, 0.3) is 0 Å². The fourth-order valence-corrected chi connectivity index (χ4v) is 1.53. The number of nitrogens with zero attached hydrogens (tertiary/aromatic N) is 1. The highest BCUT2D eigenvalue weighted by Crippen LogP contribution is 2.17. The van der Waals surface area contributed by atoms with Crippen LogP contribution in [0.1, 0.15) is 17.5 Å². The summed E-state index contributed by atoms with van der Waals surface area (Å²) in [5, 5.41) is 31.4. The van der Waals surface area contributed by atoms with Gasteiger partial charge in [-0.25, -0.2) is 9.59 Å². The predicted molar refractivity (Wildman–Crippen MR) is 71.2 cm³/mol. The van der Waals surface area contributed by atoms with Gasteiger partial charge in [0.25, 0.3) is 0 Å². The topological polar surface area (TPSA) is 122 Å². The van der Waals surface area contributed by atoms with E-state index in [9.17, 15) is 9.59 Å². The normalized spacial score (nSPS) is 11.2. The fourth-order valence-electron chi connectivity index (χ4n) is 1.53. The minimum absolute atomic E-state index is 0.00695. The van der Waals surface area contributed by atoms with Crippen molar-refractivity contribution in [2.45, 2.75) is 19.4 Å². The van der Waals surface area contributed by atoms with Crippen molar-refractivity contribution >= 4 is 17.7 Å². The van der Waals surface area contributed by atoms with Gasteiger partial charge in [0.05, 0.1) is 11.3 Å². The molecule has 106 valence electrons. The van der Waals surface area contributed by atoms with Gasteiger partial charge in [-0.15, -0.1) is 0 Å². The Morgan fingerprint density at radius 1 is 1.45 bits per heavy atom. The first-order valence-electron chi connectivity index (χ1n) is 5.91. The molecular formula is C13H15N3O4. The van der Waals surface area contributed by atoms with Crippen LogP contribution in [0.3, 0.4) is 0 Å². The smallest absolute Gasteiger partial charge is 0.332 e. The number of amides is 2. The van der Waals surface area contributed by atoms with Gasteiger partial charge >= 0.3 is 12.0 Å². The molecule has 0 aliphatic rings. The number of aryl methyl sites for hydroxylation is 1. The van der Waals surface area contributed by atoms with Crippen LogP contribution >= 0.6 is 0 Å². The van der Waals surface area contributed by atoms with Crippen LogP contribution < -0.4 is 10.6 Å². The molecule has 0 heterocycles. The molecule has 7 heteroatoms. The molecule has 7 nitrogen and oxygen atoms in total. The quantitative estimate of drug-likeness (QED) is 0.634. The van der Waals surface area contributed by atoms with E-state index in [1.807, 2.05) is 6.07 Å². The number of hydrogen-bond donors (Lipinski definition) is 4. The number of carbonyl (C=O) groups excluding carboxylic acids is 1. The summed E-state index contributed by atoms with van der Waals surface area (Å²) in [4.78, 5) is 22.0. The minimum Gasteiger partial charge on any atom is -0.479 e. The Balaban J connectivity index is 2.54. The number of rotatable bonds is 5. The molecule has 4 N–H and O–H groups in total. The first-order chi connectivity index (χ1) is 9.45. The number of nitrogens with one attached hydrogen (secondary N) is 2. The van der Waals surface area contributed by atoms with E-state index in [1.165, 1.54) is 0 Å². The first-order valence-corrected chi connectivity index (χ1v) is 5.91. The van der Waals surface area contributed by atoms with Gasteiger partial charge in [-0.05, 0) is 18.6 Å². The highest BCUT2D eigenvalue weighted by Gasteiger charge is 2.13. The zero-order valence-electron chi connectivity index (χ0n) is 10.9. The molecule has 0 aliphatic heterocycles. The molecule has 1 aromatic carbocycles. The second-order valence-corrected chi connectivity index (χ2v) is 4.13. The molecule has 0 saturated heterocycles. The van der Waals surface area contributed by atoms with E-state index in [-0.39, 0.29) is 13.0 Å². The van der Waals surface area contributed by atoms with Crippen LogP contribution in [0.2, 0.25) is 0 Å². The molecule has 1 atom stereocenters. The van der Waals surface area contributed by atoms with E-state index in [1.54, 1.807) is 25.1 Å². The van der Waals surface area contributed by atoms with Crippen molar-refractivity contribution in [3.8, 4) is 6.07 Å². The standard InChI is InChI=1S/C13H15N3O4/c1-8-3-2-4-10(9(8)7-14)16-13(20)15-6-5-11(17)12(18)19/h2-4,11,17H,5-6H2,1H3,(H,18,19)(H2,15,16,20)/t11-/m0/s1. The Morgan fingerprint density at radius 3 is 2.75 bits per heavy atom. The Hall–Kier alpha value is -2.59. The summed E-state index contributed by atoms with van der Waals surface area (Å²) in [5.41, 5.74) is 1.49. The van der Waals surface area contributed by atoms with Crippen molar-refractivity contribution in [2.24, 2.45) is 0 Å². The Kier molecular flexibility index (Phi) is 5.50. The number of nitriles is 1. The number of carboxylic acid groups (broad SMARTS) is 1. The van der Waals surface area contributed by atoms with E-state index in [0.717, 1.165) is 5.56 Å². The third-order valence-corrected chi connectivity index (χ3v) is 2.62. The van der Waals surface area contributed by atoms with Crippen LogP contribution in [-0.2, 0) is 4.79 Å². The number of hydrogen-bond acceptors (Lipinski definition) is 4. The first kappa shape index (κ1) is 15.5. The van der Waals surface area contributed by atoms with E-state index in [4.69, 9.17) is 15.5 Å². The SMILES string of the molecule is Cc1cccc(NC(=O)NCC[C@H](O)C(=O)O)c1C#N. The van der Waals surface area contributed by atoms with Crippen LogP contribution in [-0.4, -0.2) is 34.9 Å². The van der Waals surface area contributed by atoms with Crippen LogP contribution in [0.5, 0.6) is 0 Å². The van der Waals surface area contributed by atoms with Crippen molar-refractivity contribution in [2.75, 3.05) is 11.9 Å². The Bertz CT molecular complexity index is 551. The summed E-state index contributed by atoms with van der Waals surface area (Å²) in [5.74, 6) is -1.34. The molecule has 0 radical (unpaired) electrons. The molecule has 0 saturated carbocycles. The number of carboxylic acids is 1. The zero-order chi connectivity index (χ0) is 15.1. The van der Waals surface area contributed by atoms with Crippen LogP contribution in [0, 0.1) is 18.3 Å². The van der Waals surface area contributed by atoms with Crippen molar-refractivity contribution in [1.82, 2.24) is 5.32 Å². The van der Waals surface area contributed by atoms with Gasteiger partial charge in [-0.3, -0.25) is 0 Å². The average molecular weight is 277 g/mol. The van der Waals surface area contributed by atoms with E-state index >= 15 is 0 Å². The van der Waals surface area contributed by atoms with Crippen molar-refractivity contribution < 1.29 is 19.8 Å². The number of urea groups is 1. The largest absolute Gasteiger partial charge is 0.479 e. The summed E-state index contributed by atoms with van der Waals surface area (Å²) >= 11 is 0. The lowest BCUT2D eigenvalue weighted by atomic mass is 10.1. The van der Waals surface area contributed by atoms with Gasteiger partial charge < -0.3 is 20.8 Å².